The number of benzene rings is 1. The number of rotatable bonds is 6. The number of sulfonamides is 1. The zero-order chi connectivity index (χ0) is 20.3. The maximum Gasteiger partial charge on any atom is 0.329 e. The van der Waals surface area contributed by atoms with Gasteiger partial charge in [0.25, 0.3) is 0 Å². The van der Waals surface area contributed by atoms with Gasteiger partial charge in [-0.3, -0.25) is 10.1 Å². The highest BCUT2D eigenvalue weighted by molar-refractivity contribution is 7.89. The van der Waals surface area contributed by atoms with E-state index < -0.39 is 14.9 Å². The van der Waals surface area contributed by atoms with Crippen LogP contribution in [0.5, 0.6) is 0 Å². The minimum absolute atomic E-state index is 0.0221. The molecule has 12 heteroatoms. The van der Waals surface area contributed by atoms with E-state index in [4.69, 9.17) is 10.9 Å². The average molecular weight is 407 g/mol. The van der Waals surface area contributed by atoms with Gasteiger partial charge in [0.1, 0.15) is 6.20 Å². The molecule has 1 aromatic heterocycles. The van der Waals surface area contributed by atoms with Gasteiger partial charge >= 0.3 is 5.69 Å². The standard InChI is InChI=1S/C16H21N7O4S/c17-9-11-5-7-22(8-6-11)15-14(23(24)25)10-19-16(21-15)20-12-1-3-13(4-2-12)28(18,26)27/h1-4,10-11H,5-9,17H2,(H2,18,26,27)(H,19,20,21). The van der Waals surface area contributed by atoms with E-state index in [9.17, 15) is 18.5 Å². The lowest BCUT2D eigenvalue weighted by atomic mass is 9.97. The largest absolute Gasteiger partial charge is 0.351 e. The second kappa shape index (κ2) is 8.04. The van der Waals surface area contributed by atoms with Crippen molar-refractivity contribution < 1.29 is 13.3 Å². The van der Waals surface area contributed by atoms with E-state index in [0.29, 0.717) is 31.2 Å². The summed E-state index contributed by atoms with van der Waals surface area (Å²) in [7, 11) is -3.79. The van der Waals surface area contributed by atoms with E-state index in [0.717, 1.165) is 12.8 Å². The van der Waals surface area contributed by atoms with Crippen molar-refractivity contribution in [1.29, 1.82) is 0 Å². The van der Waals surface area contributed by atoms with Crippen molar-refractivity contribution in [2.45, 2.75) is 17.7 Å². The Kier molecular flexibility index (Phi) is 5.72. The molecule has 2 aromatic rings. The summed E-state index contributed by atoms with van der Waals surface area (Å²) in [5.74, 6) is 0.830. The number of nitrogens with one attached hydrogen (secondary N) is 1. The van der Waals surface area contributed by atoms with Crippen LogP contribution >= 0.6 is 0 Å². The van der Waals surface area contributed by atoms with E-state index >= 15 is 0 Å². The summed E-state index contributed by atoms with van der Waals surface area (Å²) >= 11 is 0. The molecule has 0 atom stereocenters. The number of piperidine rings is 1. The lowest BCUT2D eigenvalue weighted by Gasteiger charge is -2.31. The van der Waals surface area contributed by atoms with Crippen molar-refractivity contribution in [1.82, 2.24) is 9.97 Å². The summed E-state index contributed by atoms with van der Waals surface area (Å²) in [4.78, 5) is 21.0. The fourth-order valence-electron chi connectivity index (χ4n) is 3.03. The molecule has 2 heterocycles. The van der Waals surface area contributed by atoms with Crippen LogP contribution in [0.4, 0.5) is 23.1 Å². The number of primary sulfonamides is 1. The van der Waals surface area contributed by atoms with Crippen molar-refractivity contribution >= 4 is 33.2 Å². The maximum atomic E-state index is 11.4. The first kappa shape index (κ1) is 19.9. The third-order valence-corrected chi connectivity index (χ3v) is 5.56. The Morgan fingerprint density at radius 2 is 1.89 bits per heavy atom. The van der Waals surface area contributed by atoms with Crippen LogP contribution in [0.2, 0.25) is 0 Å². The van der Waals surface area contributed by atoms with Gasteiger partial charge in [-0.15, -0.1) is 0 Å². The summed E-state index contributed by atoms with van der Waals surface area (Å²) in [6.07, 6.45) is 2.85. The molecule has 0 unspecified atom stereocenters. The van der Waals surface area contributed by atoms with Crippen LogP contribution in [0, 0.1) is 16.0 Å². The van der Waals surface area contributed by atoms with Gasteiger partial charge in [0.15, 0.2) is 0 Å². The van der Waals surface area contributed by atoms with Crippen molar-refractivity contribution in [2.24, 2.45) is 16.8 Å². The molecule has 0 saturated carbocycles. The molecule has 1 aliphatic heterocycles. The molecule has 5 N–H and O–H groups in total. The molecule has 11 nitrogen and oxygen atoms in total. The van der Waals surface area contributed by atoms with Gasteiger partial charge < -0.3 is 16.0 Å². The normalized spacial score (nSPS) is 15.4. The molecule has 0 amide bonds. The van der Waals surface area contributed by atoms with E-state index in [1.165, 1.54) is 30.5 Å². The van der Waals surface area contributed by atoms with Gasteiger partial charge in [0.05, 0.1) is 9.82 Å². The highest BCUT2D eigenvalue weighted by Crippen LogP contribution is 2.30. The summed E-state index contributed by atoms with van der Waals surface area (Å²) in [5.41, 5.74) is 6.06. The summed E-state index contributed by atoms with van der Waals surface area (Å²) in [5, 5.41) is 19.4. The second-order valence-corrected chi connectivity index (χ2v) is 8.08. The van der Waals surface area contributed by atoms with Gasteiger partial charge in [-0.05, 0) is 49.6 Å². The molecule has 1 aromatic carbocycles. The van der Waals surface area contributed by atoms with E-state index in [-0.39, 0.29) is 22.3 Å². The Morgan fingerprint density at radius 1 is 1.25 bits per heavy atom. The molecule has 0 aliphatic carbocycles. The average Bonchev–Trinajstić information content (AvgIpc) is 2.67. The molecule has 0 spiro atoms. The summed E-state index contributed by atoms with van der Waals surface area (Å²) in [6, 6.07) is 5.72. The number of nitrogens with zero attached hydrogens (tertiary/aromatic N) is 4. The van der Waals surface area contributed by atoms with Crippen LogP contribution in [0.1, 0.15) is 12.8 Å². The quantitative estimate of drug-likeness (QED) is 0.466. The Labute approximate surface area is 162 Å². The molecular weight excluding hydrogens is 386 g/mol. The number of aromatic nitrogens is 2. The SMILES string of the molecule is NCC1CCN(c2nc(Nc3ccc(S(N)(=O)=O)cc3)ncc2[N+](=O)[O-])CC1. The van der Waals surface area contributed by atoms with E-state index in [1.807, 2.05) is 4.90 Å². The second-order valence-electron chi connectivity index (χ2n) is 6.52. The van der Waals surface area contributed by atoms with Crippen molar-refractivity contribution in [3.63, 3.8) is 0 Å². The molecule has 1 saturated heterocycles. The molecular formula is C16H21N7O4S. The van der Waals surface area contributed by atoms with Gasteiger partial charge in [-0.2, -0.15) is 4.98 Å². The number of hydrogen-bond acceptors (Lipinski definition) is 9. The first-order chi connectivity index (χ1) is 13.3. The molecule has 3 rings (SSSR count). The van der Waals surface area contributed by atoms with Crippen LogP contribution in [0.3, 0.4) is 0 Å². The van der Waals surface area contributed by atoms with E-state index in [2.05, 4.69) is 15.3 Å². The van der Waals surface area contributed by atoms with Crippen LogP contribution in [-0.2, 0) is 10.0 Å². The van der Waals surface area contributed by atoms with Gasteiger partial charge in [-0.1, -0.05) is 0 Å². The topological polar surface area (TPSA) is 170 Å². The number of nitro groups is 1. The number of hydrogen-bond donors (Lipinski definition) is 3. The Morgan fingerprint density at radius 3 is 2.43 bits per heavy atom. The smallest absolute Gasteiger partial charge is 0.329 e. The predicted octanol–water partition coefficient (Wildman–Crippen LogP) is 0.951. The minimum atomic E-state index is -3.79. The fourth-order valence-corrected chi connectivity index (χ4v) is 3.54. The zero-order valence-corrected chi connectivity index (χ0v) is 15.8. The van der Waals surface area contributed by atoms with E-state index in [1.54, 1.807) is 0 Å². The van der Waals surface area contributed by atoms with Crippen molar-refractivity contribution in [2.75, 3.05) is 29.9 Å². The fraction of sp³-hybridized carbons (Fsp3) is 0.375. The Hall–Kier alpha value is -2.83. The van der Waals surface area contributed by atoms with Crippen molar-refractivity contribution in [3.05, 3.63) is 40.6 Å². The Balaban J connectivity index is 1.84. The third kappa shape index (κ3) is 4.52. The monoisotopic (exact) mass is 407 g/mol. The first-order valence-corrected chi connectivity index (χ1v) is 10.2. The third-order valence-electron chi connectivity index (χ3n) is 4.63. The molecule has 150 valence electrons. The maximum absolute atomic E-state index is 11.4. The summed E-state index contributed by atoms with van der Waals surface area (Å²) < 4.78 is 22.6. The molecule has 28 heavy (non-hydrogen) atoms. The highest BCUT2D eigenvalue weighted by Gasteiger charge is 2.26. The number of nitrogens with two attached hydrogens (primary N) is 2. The van der Waals surface area contributed by atoms with Crippen LogP contribution in [0.15, 0.2) is 35.4 Å². The molecule has 1 aliphatic rings. The lowest BCUT2D eigenvalue weighted by molar-refractivity contribution is -0.384. The molecule has 1 fully saturated rings. The molecule has 0 bridgehead atoms. The van der Waals surface area contributed by atoms with Crippen LogP contribution in [-0.4, -0.2) is 42.9 Å². The van der Waals surface area contributed by atoms with Crippen LogP contribution in [0.25, 0.3) is 0 Å². The lowest BCUT2D eigenvalue weighted by Crippen LogP contribution is -2.37. The predicted molar refractivity (Wildman–Crippen MR) is 104 cm³/mol. The van der Waals surface area contributed by atoms with Crippen molar-refractivity contribution in [3.8, 4) is 0 Å². The summed E-state index contributed by atoms with van der Waals surface area (Å²) in [6.45, 7) is 1.85. The molecule has 0 radical (unpaired) electrons. The Bertz CT molecular complexity index is 957. The highest BCUT2D eigenvalue weighted by atomic mass is 32.2. The first-order valence-electron chi connectivity index (χ1n) is 8.64. The number of anilines is 3. The van der Waals surface area contributed by atoms with Gasteiger partial charge in [-0.25, -0.2) is 18.5 Å². The zero-order valence-electron chi connectivity index (χ0n) is 15.0. The van der Waals surface area contributed by atoms with Gasteiger partial charge in [0.2, 0.25) is 21.8 Å². The van der Waals surface area contributed by atoms with Gasteiger partial charge in [0, 0.05) is 18.8 Å². The minimum Gasteiger partial charge on any atom is -0.351 e. The van der Waals surface area contributed by atoms with Crippen LogP contribution < -0.4 is 21.1 Å².